The van der Waals surface area contributed by atoms with Crippen LogP contribution in [0.2, 0.25) is 0 Å². The Hall–Kier alpha value is -0.900. The van der Waals surface area contributed by atoms with Crippen molar-refractivity contribution in [2.24, 2.45) is 11.3 Å². The standard InChI is InChI=1S/C19H28O.C5H12O.C2H6.H2O.H2/c1-14-7-10-17(20)13-16(14)9-8-15-5-3-11-19(2)12-4-6-18(15)19;1-4-5(2,3)6;1-2;;/h8-9,17-18,20H,1,3-7,10-13H2,2H3;6H,4H2,1-3H3;1-2H3;1H2;1H/b15-8+,16-9-;;;;/t17-,18?,19+;;;;/m0..../s1. The minimum absolute atomic E-state index is 0. The van der Waals surface area contributed by atoms with E-state index in [-0.39, 0.29) is 13.0 Å². The van der Waals surface area contributed by atoms with Crippen LogP contribution in [-0.4, -0.2) is 27.4 Å². The molecule has 3 heteroatoms. The van der Waals surface area contributed by atoms with Crippen LogP contribution in [0, 0.1) is 11.3 Å². The number of allylic oxidation sites excluding steroid dienone is 4. The molecule has 0 amide bonds. The number of rotatable bonds is 2. The van der Waals surface area contributed by atoms with Gasteiger partial charge in [0.25, 0.3) is 0 Å². The van der Waals surface area contributed by atoms with Gasteiger partial charge in [-0.25, -0.2) is 0 Å². The lowest BCUT2D eigenvalue weighted by Crippen LogP contribution is -2.27. The summed E-state index contributed by atoms with van der Waals surface area (Å²) in [7, 11) is 0. The predicted molar refractivity (Wildman–Crippen MR) is 128 cm³/mol. The van der Waals surface area contributed by atoms with Gasteiger partial charge < -0.3 is 15.7 Å². The maximum Gasteiger partial charge on any atom is 0.0589 e. The Labute approximate surface area is 181 Å². The first-order chi connectivity index (χ1) is 13.1. The molecule has 172 valence electrons. The number of aliphatic hydroxyl groups is 2. The Kier molecular flexibility index (Phi) is 12.3. The van der Waals surface area contributed by atoms with Gasteiger partial charge >= 0.3 is 0 Å². The van der Waals surface area contributed by atoms with Crippen LogP contribution in [0.25, 0.3) is 0 Å². The fraction of sp³-hybridized carbons (Fsp3) is 0.769. The highest BCUT2D eigenvalue weighted by Crippen LogP contribution is 2.54. The lowest BCUT2D eigenvalue weighted by molar-refractivity contribution is 0.0765. The Morgan fingerprint density at radius 2 is 1.72 bits per heavy atom. The first kappa shape index (κ1) is 28.1. The molecule has 3 atom stereocenters. The van der Waals surface area contributed by atoms with Crippen LogP contribution in [0.3, 0.4) is 0 Å². The lowest BCUT2D eigenvalue weighted by atomic mass is 9.67. The van der Waals surface area contributed by atoms with Crippen molar-refractivity contribution < 1.29 is 17.1 Å². The summed E-state index contributed by atoms with van der Waals surface area (Å²) in [5.41, 5.74) is 4.29. The zero-order valence-electron chi connectivity index (χ0n) is 20.0. The molecule has 0 saturated heterocycles. The van der Waals surface area contributed by atoms with E-state index in [0.717, 1.165) is 31.6 Å². The average Bonchev–Trinajstić information content (AvgIpc) is 3.06. The van der Waals surface area contributed by atoms with Crippen molar-refractivity contribution in [3.63, 3.8) is 0 Å². The zero-order chi connectivity index (χ0) is 21.4. The van der Waals surface area contributed by atoms with E-state index < -0.39 is 5.60 Å². The molecule has 4 N–H and O–H groups in total. The molecule has 3 aliphatic rings. The number of hydrogen-bond acceptors (Lipinski definition) is 2. The summed E-state index contributed by atoms with van der Waals surface area (Å²) in [4.78, 5) is 0. The SMILES string of the molecule is C=C1CC[C@H](O)C/C1=C/C=C1\CCC[C@]2(C)CCCC12.CC.CCC(C)(C)O.O.[HH]. The molecule has 0 spiro atoms. The molecular formula is C26H50O3. The third-order valence-electron chi connectivity index (χ3n) is 6.80. The highest BCUT2D eigenvalue weighted by Gasteiger charge is 2.42. The minimum Gasteiger partial charge on any atom is -0.412 e. The lowest BCUT2D eigenvalue weighted by Gasteiger charge is -2.38. The second-order valence-electron chi connectivity index (χ2n) is 9.55. The second kappa shape index (κ2) is 12.7. The number of fused-ring (bicyclic) bond motifs is 1. The largest absolute Gasteiger partial charge is 0.412 e. The van der Waals surface area contributed by atoms with Crippen LogP contribution in [0.15, 0.2) is 35.5 Å². The van der Waals surface area contributed by atoms with Crippen molar-refractivity contribution in [2.45, 2.75) is 117 Å². The van der Waals surface area contributed by atoms with Crippen molar-refractivity contribution >= 4 is 0 Å². The molecule has 3 aliphatic carbocycles. The normalized spacial score (nSPS) is 31.8. The van der Waals surface area contributed by atoms with Gasteiger partial charge in [-0.3, -0.25) is 0 Å². The summed E-state index contributed by atoms with van der Waals surface area (Å²) >= 11 is 0. The van der Waals surface area contributed by atoms with Gasteiger partial charge in [0.1, 0.15) is 0 Å². The topological polar surface area (TPSA) is 72.0 Å². The molecular weight excluding hydrogens is 360 g/mol. The Balaban J connectivity index is 0. The van der Waals surface area contributed by atoms with E-state index in [2.05, 4.69) is 25.7 Å². The summed E-state index contributed by atoms with van der Waals surface area (Å²) in [5, 5.41) is 18.6. The molecule has 3 saturated carbocycles. The van der Waals surface area contributed by atoms with Crippen LogP contribution in [0.4, 0.5) is 0 Å². The van der Waals surface area contributed by atoms with Gasteiger partial charge in [-0.05, 0) is 88.5 Å². The molecule has 0 aromatic heterocycles. The summed E-state index contributed by atoms with van der Waals surface area (Å²) in [5.74, 6) is 0.815. The minimum atomic E-state index is -0.458. The van der Waals surface area contributed by atoms with Crippen molar-refractivity contribution in [2.75, 3.05) is 0 Å². The Morgan fingerprint density at radius 1 is 1.14 bits per heavy atom. The van der Waals surface area contributed by atoms with Gasteiger partial charge in [-0.15, -0.1) is 0 Å². The predicted octanol–water partition coefficient (Wildman–Crippen LogP) is 6.55. The van der Waals surface area contributed by atoms with Crippen molar-refractivity contribution in [1.82, 2.24) is 0 Å². The zero-order valence-corrected chi connectivity index (χ0v) is 20.0. The van der Waals surface area contributed by atoms with Gasteiger partial charge in [0, 0.05) is 1.43 Å². The molecule has 3 fully saturated rings. The quantitative estimate of drug-likeness (QED) is 0.542. The van der Waals surface area contributed by atoms with E-state index >= 15 is 0 Å². The maximum absolute atomic E-state index is 9.82. The fourth-order valence-corrected chi connectivity index (χ4v) is 4.63. The second-order valence-corrected chi connectivity index (χ2v) is 9.55. The van der Waals surface area contributed by atoms with Gasteiger partial charge in [0.15, 0.2) is 0 Å². The van der Waals surface area contributed by atoms with Crippen LogP contribution in [0.5, 0.6) is 0 Å². The molecule has 0 bridgehead atoms. The molecule has 0 aromatic rings. The van der Waals surface area contributed by atoms with Crippen LogP contribution in [0.1, 0.15) is 107 Å². The first-order valence-electron chi connectivity index (χ1n) is 11.6. The molecule has 1 unspecified atom stereocenters. The number of aliphatic hydroxyl groups excluding tert-OH is 1. The van der Waals surface area contributed by atoms with E-state index in [1.54, 1.807) is 19.4 Å². The fourth-order valence-electron chi connectivity index (χ4n) is 4.63. The van der Waals surface area contributed by atoms with Crippen molar-refractivity contribution in [1.29, 1.82) is 0 Å². The van der Waals surface area contributed by atoms with Crippen LogP contribution in [-0.2, 0) is 0 Å². The summed E-state index contributed by atoms with van der Waals surface area (Å²) in [6.45, 7) is 16.2. The number of hydrogen-bond donors (Lipinski definition) is 2. The van der Waals surface area contributed by atoms with E-state index in [1.807, 2.05) is 20.8 Å². The molecule has 0 aromatic carbocycles. The van der Waals surface area contributed by atoms with Crippen molar-refractivity contribution in [3.8, 4) is 0 Å². The van der Waals surface area contributed by atoms with E-state index in [9.17, 15) is 5.11 Å². The van der Waals surface area contributed by atoms with E-state index in [1.165, 1.54) is 49.7 Å². The summed E-state index contributed by atoms with van der Waals surface area (Å²) < 4.78 is 0. The highest BCUT2D eigenvalue weighted by molar-refractivity contribution is 5.36. The maximum atomic E-state index is 9.82. The average molecular weight is 411 g/mol. The molecule has 0 aliphatic heterocycles. The van der Waals surface area contributed by atoms with Gasteiger partial charge in [0.05, 0.1) is 11.7 Å². The molecule has 29 heavy (non-hydrogen) atoms. The third-order valence-corrected chi connectivity index (χ3v) is 6.80. The smallest absolute Gasteiger partial charge is 0.0589 e. The van der Waals surface area contributed by atoms with E-state index in [0.29, 0.717) is 5.41 Å². The Bertz CT molecular complexity index is 559. The van der Waals surface area contributed by atoms with Gasteiger partial charge in [-0.2, -0.15) is 0 Å². The van der Waals surface area contributed by atoms with E-state index in [4.69, 9.17) is 5.11 Å². The highest BCUT2D eigenvalue weighted by atomic mass is 16.3. The molecule has 3 rings (SSSR count). The molecule has 0 heterocycles. The van der Waals surface area contributed by atoms with Gasteiger partial charge in [-0.1, -0.05) is 64.0 Å². The molecule has 3 nitrogen and oxygen atoms in total. The summed E-state index contributed by atoms with van der Waals surface area (Å²) in [6, 6.07) is 0. The van der Waals surface area contributed by atoms with Crippen LogP contribution < -0.4 is 0 Å². The van der Waals surface area contributed by atoms with Crippen LogP contribution >= 0.6 is 0 Å². The Morgan fingerprint density at radius 3 is 2.31 bits per heavy atom. The third kappa shape index (κ3) is 8.78. The first-order valence-corrected chi connectivity index (χ1v) is 11.6. The summed E-state index contributed by atoms with van der Waals surface area (Å²) in [6.07, 6.45) is 16.2. The monoisotopic (exact) mass is 410 g/mol. The molecule has 0 radical (unpaired) electrons. The van der Waals surface area contributed by atoms with Crippen molar-refractivity contribution in [3.05, 3.63) is 35.5 Å². The van der Waals surface area contributed by atoms with Gasteiger partial charge in [0.2, 0.25) is 0 Å².